The van der Waals surface area contributed by atoms with E-state index in [-0.39, 0.29) is 0 Å². The quantitative estimate of drug-likeness (QED) is 0.564. The van der Waals surface area contributed by atoms with Gasteiger partial charge in [-0.1, -0.05) is 72.8 Å². The molecule has 0 fully saturated rings. The molecule has 0 saturated carbocycles. The van der Waals surface area contributed by atoms with Gasteiger partial charge in [-0.15, -0.1) is 0 Å². The highest BCUT2D eigenvalue weighted by Crippen LogP contribution is 2.49. The highest BCUT2D eigenvalue weighted by atomic mass is 16.4. The third-order valence-corrected chi connectivity index (χ3v) is 5.07. The molecule has 0 amide bonds. The topological polar surface area (TPSA) is 66.2 Å². The standard InChI is InChI=1S/C24H20N2O2/c27-23(19-9-3-1-4-10-19,21-13-7-15-25-17-21)24(28,20-11-5-2-6-12-20)22-14-8-16-26-18-22/h1-18,27-28H/t23-,24+. The molecule has 138 valence electrons. The SMILES string of the molecule is O[C@](c1ccccc1)(c1cccnc1)[C@](O)(c1ccccc1)c1cccnc1. The lowest BCUT2D eigenvalue weighted by Crippen LogP contribution is -2.51. The van der Waals surface area contributed by atoms with E-state index in [1.807, 2.05) is 36.4 Å². The molecule has 0 radical (unpaired) electrons. The third kappa shape index (κ3) is 2.80. The fourth-order valence-corrected chi connectivity index (χ4v) is 3.68. The van der Waals surface area contributed by atoms with Crippen molar-refractivity contribution in [3.8, 4) is 0 Å². The lowest BCUT2D eigenvalue weighted by Gasteiger charge is -2.44. The van der Waals surface area contributed by atoms with E-state index in [4.69, 9.17) is 0 Å². The molecule has 2 aromatic heterocycles. The zero-order chi connectivity index (χ0) is 19.5. The van der Waals surface area contributed by atoms with Gasteiger partial charge in [-0.3, -0.25) is 9.97 Å². The molecule has 0 aliphatic heterocycles. The van der Waals surface area contributed by atoms with Crippen LogP contribution in [0, 0.1) is 0 Å². The number of rotatable bonds is 5. The lowest BCUT2D eigenvalue weighted by atomic mass is 9.67. The summed E-state index contributed by atoms with van der Waals surface area (Å²) < 4.78 is 0. The predicted molar refractivity (Wildman–Crippen MR) is 107 cm³/mol. The van der Waals surface area contributed by atoms with Crippen LogP contribution in [0.3, 0.4) is 0 Å². The fourth-order valence-electron chi connectivity index (χ4n) is 3.68. The van der Waals surface area contributed by atoms with Crippen molar-refractivity contribution >= 4 is 0 Å². The highest BCUT2D eigenvalue weighted by Gasteiger charge is 2.54. The van der Waals surface area contributed by atoms with Crippen LogP contribution in [0.1, 0.15) is 22.3 Å². The van der Waals surface area contributed by atoms with E-state index in [9.17, 15) is 10.2 Å². The molecule has 0 saturated heterocycles. The molecule has 4 rings (SSSR count). The number of hydrogen-bond donors (Lipinski definition) is 2. The van der Waals surface area contributed by atoms with Gasteiger partial charge in [0, 0.05) is 35.9 Å². The van der Waals surface area contributed by atoms with E-state index < -0.39 is 11.2 Å². The summed E-state index contributed by atoms with van der Waals surface area (Å²) in [5.74, 6) is 0. The average molecular weight is 368 g/mol. The summed E-state index contributed by atoms with van der Waals surface area (Å²) in [6, 6.07) is 25.3. The van der Waals surface area contributed by atoms with Crippen LogP contribution in [0.5, 0.6) is 0 Å². The van der Waals surface area contributed by atoms with E-state index in [2.05, 4.69) is 9.97 Å². The number of aromatic nitrogens is 2. The Hall–Kier alpha value is -3.34. The first-order valence-electron chi connectivity index (χ1n) is 9.04. The van der Waals surface area contributed by atoms with Gasteiger partial charge in [0.1, 0.15) is 0 Å². The van der Waals surface area contributed by atoms with Crippen molar-refractivity contribution in [1.29, 1.82) is 0 Å². The number of hydrogen-bond acceptors (Lipinski definition) is 4. The Morgan fingerprint density at radius 3 is 1.14 bits per heavy atom. The summed E-state index contributed by atoms with van der Waals surface area (Å²) >= 11 is 0. The van der Waals surface area contributed by atoms with Crippen LogP contribution in [0.2, 0.25) is 0 Å². The van der Waals surface area contributed by atoms with E-state index in [1.165, 1.54) is 0 Å². The van der Waals surface area contributed by atoms with Crippen LogP contribution < -0.4 is 0 Å². The van der Waals surface area contributed by atoms with Gasteiger partial charge in [0.2, 0.25) is 0 Å². The summed E-state index contributed by atoms with van der Waals surface area (Å²) in [5.41, 5.74) is -1.52. The Labute approximate surface area is 163 Å². The van der Waals surface area contributed by atoms with Crippen molar-refractivity contribution in [2.75, 3.05) is 0 Å². The van der Waals surface area contributed by atoms with Crippen molar-refractivity contribution in [3.05, 3.63) is 132 Å². The van der Waals surface area contributed by atoms with Gasteiger partial charge in [0.15, 0.2) is 11.2 Å². The van der Waals surface area contributed by atoms with Crippen LogP contribution in [-0.4, -0.2) is 20.2 Å². The van der Waals surface area contributed by atoms with E-state index in [0.717, 1.165) is 0 Å². The molecule has 2 N–H and O–H groups in total. The molecule has 2 atom stereocenters. The monoisotopic (exact) mass is 368 g/mol. The Balaban J connectivity index is 2.09. The maximum atomic E-state index is 12.3. The minimum atomic E-state index is -1.80. The summed E-state index contributed by atoms with van der Waals surface area (Å²) in [4.78, 5) is 8.38. The highest BCUT2D eigenvalue weighted by molar-refractivity contribution is 5.49. The zero-order valence-electron chi connectivity index (χ0n) is 15.2. The van der Waals surface area contributed by atoms with Crippen molar-refractivity contribution in [2.45, 2.75) is 11.2 Å². The Bertz CT molecular complexity index is 857. The van der Waals surface area contributed by atoms with E-state index >= 15 is 0 Å². The Morgan fingerprint density at radius 1 is 0.464 bits per heavy atom. The second-order valence-corrected chi connectivity index (χ2v) is 6.64. The van der Waals surface area contributed by atoms with Gasteiger partial charge in [-0.2, -0.15) is 0 Å². The van der Waals surface area contributed by atoms with Gasteiger partial charge in [-0.25, -0.2) is 0 Å². The van der Waals surface area contributed by atoms with Gasteiger partial charge in [-0.05, 0) is 23.3 Å². The zero-order valence-corrected chi connectivity index (χ0v) is 15.2. The fraction of sp³-hybridized carbons (Fsp3) is 0.0833. The van der Waals surface area contributed by atoms with Crippen LogP contribution in [0.15, 0.2) is 110 Å². The number of nitrogens with zero attached hydrogens (tertiary/aromatic N) is 2. The van der Waals surface area contributed by atoms with Gasteiger partial charge < -0.3 is 10.2 Å². The molecule has 0 unspecified atom stereocenters. The maximum absolute atomic E-state index is 12.3. The van der Waals surface area contributed by atoms with E-state index in [1.54, 1.807) is 73.3 Å². The Kier molecular flexibility index (Phi) is 4.74. The minimum absolute atomic E-state index is 0.483. The lowest BCUT2D eigenvalue weighted by molar-refractivity contribution is -0.113. The predicted octanol–water partition coefficient (Wildman–Crippen LogP) is 3.65. The molecular formula is C24H20N2O2. The molecule has 4 aromatic rings. The number of pyridine rings is 2. The first kappa shape index (κ1) is 18.0. The van der Waals surface area contributed by atoms with Crippen molar-refractivity contribution in [1.82, 2.24) is 9.97 Å². The van der Waals surface area contributed by atoms with Gasteiger partial charge in [0.25, 0.3) is 0 Å². The molecule has 0 spiro atoms. The second kappa shape index (κ2) is 7.35. The van der Waals surface area contributed by atoms with Crippen molar-refractivity contribution < 1.29 is 10.2 Å². The van der Waals surface area contributed by atoms with Gasteiger partial charge >= 0.3 is 0 Å². The average Bonchev–Trinajstić information content (AvgIpc) is 2.80. The summed E-state index contributed by atoms with van der Waals surface area (Å²) in [5, 5.41) is 24.5. The molecule has 0 bridgehead atoms. The smallest absolute Gasteiger partial charge is 0.153 e. The first-order chi connectivity index (χ1) is 13.7. The first-order valence-corrected chi connectivity index (χ1v) is 9.04. The van der Waals surface area contributed by atoms with Crippen LogP contribution in [-0.2, 0) is 11.2 Å². The van der Waals surface area contributed by atoms with Crippen LogP contribution >= 0.6 is 0 Å². The molecule has 28 heavy (non-hydrogen) atoms. The molecule has 2 aromatic carbocycles. The van der Waals surface area contributed by atoms with Gasteiger partial charge in [0.05, 0.1) is 0 Å². The van der Waals surface area contributed by atoms with Crippen LogP contribution in [0.25, 0.3) is 0 Å². The number of aliphatic hydroxyl groups is 2. The molecule has 0 aliphatic carbocycles. The van der Waals surface area contributed by atoms with E-state index in [0.29, 0.717) is 22.3 Å². The molecule has 4 heteroatoms. The second-order valence-electron chi connectivity index (χ2n) is 6.64. The summed E-state index contributed by atoms with van der Waals surface area (Å²) in [6.45, 7) is 0. The maximum Gasteiger partial charge on any atom is 0.153 e. The third-order valence-electron chi connectivity index (χ3n) is 5.07. The van der Waals surface area contributed by atoms with Crippen molar-refractivity contribution in [3.63, 3.8) is 0 Å². The number of benzene rings is 2. The minimum Gasteiger partial charge on any atom is -0.377 e. The molecule has 0 aliphatic rings. The molecular weight excluding hydrogens is 348 g/mol. The summed E-state index contributed by atoms with van der Waals surface area (Å²) in [7, 11) is 0. The molecule has 4 nitrogen and oxygen atoms in total. The normalized spacial score (nSPS) is 15.4. The van der Waals surface area contributed by atoms with Crippen LogP contribution in [0.4, 0.5) is 0 Å². The largest absolute Gasteiger partial charge is 0.377 e. The summed E-state index contributed by atoms with van der Waals surface area (Å²) in [6.07, 6.45) is 6.44. The molecule has 2 heterocycles. The Morgan fingerprint density at radius 2 is 0.821 bits per heavy atom. The van der Waals surface area contributed by atoms with Crippen molar-refractivity contribution in [2.24, 2.45) is 0 Å².